The lowest BCUT2D eigenvalue weighted by Crippen LogP contribution is -2.34. The Labute approximate surface area is 141 Å². The molecule has 0 bridgehead atoms. The minimum absolute atomic E-state index is 0.0149. The molecule has 1 aliphatic rings. The first-order valence-corrected chi connectivity index (χ1v) is 8.83. The van der Waals surface area contributed by atoms with Crippen LogP contribution in [0.25, 0.3) is 0 Å². The third kappa shape index (κ3) is 3.90. The van der Waals surface area contributed by atoms with Crippen LogP contribution in [0.5, 0.6) is 0 Å². The number of unbranched alkanes of at least 4 members (excludes halogenated alkanes) is 1. The van der Waals surface area contributed by atoms with Gasteiger partial charge in [0, 0.05) is 38.5 Å². The Kier molecular flexibility index (Phi) is 5.40. The lowest BCUT2D eigenvalue weighted by molar-refractivity contribution is 0.231. The Morgan fingerprint density at radius 1 is 1.29 bits per heavy atom. The Morgan fingerprint density at radius 3 is 2.96 bits per heavy atom. The number of nitrogens with zero attached hydrogens (tertiary/aromatic N) is 5. The summed E-state index contributed by atoms with van der Waals surface area (Å²) < 4.78 is 6.86. The highest BCUT2D eigenvalue weighted by molar-refractivity contribution is 5.20. The Balaban J connectivity index is 1.65. The molecule has 3 heterocycles. The number of aryl methyl sites for hydroxylation is 2. The van der Waals surface area contributed by atoms with Crippen molar-refractivity contribution in [3.05, 3.63) is 39.4 Å². The fraction of sp³-hybridized carbons (Fsp3) is 0.647. The van der Waals surface area contributed by atoms with Crippen molar-refractivity contribution in [3.63, 3.8) is 0 Å². The van der Waals surface area contributed by atoms with Gasteiger partial charge in [-0.2, -0.15) is 10.1 Å². The molecule has 0 atom stereocenters. The summed E-state index contributed by atoms with van der Waals surface area (Å²) in [5.74, 6) is 1.44. The minimum Gasteiger partial charge on any atom is -0.339 e. The van der Waals surface area contributed by atoms with Crippen molar-refractivity contribution in [1.82, 2.24) is 24.8 Å². The fourth-order valence-corrected chi connectivity index (χ4v) is 2.99. The van der Waals surface area contributed by atoms with Crippen LogP contribution in [0.3, 0.4) is 0 Å². The number of hydrogen-bond acceptors (Lipinski definition) is 6. The molecule has 0 saturated heterocycles. The van der Waals surface area contributed by atoms with Crippen LogP contribution < -0.4 is 5.56 Å². The van der Waals surface area contributed by atoms with Crippen LogP contribution in [0, 0.1) is 0 Å². The lowest BCUT2D eigenvalue weighted by atomic mass is 10.1. The molecule has 2 aromatic rings. The Hall–Kier alpha value is -2.02. The van der Waals surface area contributed by atoms with E-state index in [0.717, 1.165) is 55.7 Å². The van der Waals surface area contributed by atoms with Gasteiger partial charge in [-0.15, -0.1) is 0 Å². The molecular weight excluding hydrogens is 306 g/mol. The van der Waals surface area contributed by atoms with E-state index in [-0.39, 0.29) is 5.56 Å². The van der Waals surface area contributed by atoms with Gasteiger partial charge in [-0.05, 0) is 18.4 Å². The smallest absolute Gasteiger partial charge is 0.267 e. The maximum Gasteiger partial charge on any atom is 0.267 e. The van der Waals surface area contributed by atoms with E-state index in [2.05, 4.69) is 34.0 Å². The number of hydrogen-bond donors (Lipinski definition) is 0. The molecular formula is C17H25N5O2. The maximum absolute atomic E-state index is 12.1. The number of rotatable bonds is 7. The zero-order valence-electron chi connectivity index (χ0n) is 14.5. The maximum atomic E-state index is 12.1. The van der Waals surface area contributed by atoms with Crippen molar-refractivity contribution in [2.45, 2.75) is 65.6 Å². The van der Waals surface area contributed by atoms with Crippen molar-refractivity contribution >= 4 is 0 Å². The molecule has 0 N–H and O–H groups in total. The molecule has 0 spiro atoms. The molecule has 130 valence electrons. The van der Waals surface area contributed by atoms with Crippen molar-refractivity contribution in [3.8, 4) is 0 Å². The molecule has 24 heavy (non-hydrogen) atoms. The monoisotopic (exact) mass is 331 g/mol. The van der Waals surface area contributed by atoms with Crippen molar-refractivity contribution < 1.29 is 4.52 Å². The van der Waals surface area contributed by atoms with Gasteiger partial charge in [-0.1, -0.05) is 25.4 Å². The summed E-state index contributed by atoms with van der Waals surface area (Å²) in [6.07, 6.45) is 4.78. The highest BCUT2D eigenvalue weighted by Gasteiger charge is 2.20. The van der Waals surface area contributed by atoms with Crippen LogP contribution in [-0.2, 0) is 32.5 Å². The zero-order chi connectivity index (χ0) is 16.9. The third-order valence-electron chi connectivity index (χ3n) is 4.28. The molecule has 7 heteroatoms. The summed E-state index contributed by atoms with van der Waals surface area (Å²) in [5, 5.41) is 8.58. The molecule has 0 saturated carbocycles. The van der Waals surface area contributed by atoms with E-state index in [1.165, 1.54) is 0 Å². The average Bonchev–Trinajstić information content (AvgIpc) is 3.01. The van der Waals surface area contributed by atoms with E-state index in [0.29, 0.717) is 25.5 Å². The summed E-state index contributed by atoms with van der Waals surface area (Å²) >= 11 is 0. The van der Waals surface area contributed by atoms with Gasteiger partial charge >= 0.3 is 0 Å². The summed E-state index contributed by atoms with van der Waals surface area (Å²) in [6.45, 7) is 7.12. The first-order valence-electron chi connectivity index (χ1n) is 8.83. The summed E-state index contributed by atoms with van der Waals surface area (Å²) in [5.41, 5.74) is 2.04. The lowest BCUT2D eigenvalue weighted by Gasteiger charge is -2.27. The molecule has 1 aliphatic heterocycles. The number of aromatic nitrogens is 4. The van der Waals surface area contributed by atoms with Crippen molar-refractivity contribution in [2.24, 2.45) is 0 Å². The summed E-state index contributed by atoms with van der Waals surface area (Å²) in [7, 11) is 0. The Bertz CT molecular complexity index is 737. The van der Waals surface area contributed by atoms with E-state index in [1.54, 1.807) is 10.7 Å². The van der Waals surface area contributed by atoms with Gasteiger partial charge < -0.3 is 4.52 Å². The van der Waals surface area contributed by atoms with Crippen LogP contribution in [0.2, 0.25) is 0 Å². The van der Waals surface area contributed by atoms with Gasteiger partial charge in [0.05, 0.1) is 12.2 Å². The molecule has 3 rings (SSSR count). The van der Waals surface area contributed by atoms with Gasteiger partial charge in [0.25, 0.3) is 5.56 Å². The van der Waals surface area contributed by atoms with Gasteiger partial charge in [0.1, 0.15) is 0 Å². The van der Waals surface area contributed by atoms with E-state index < -0.39 is 0 Å². The normalized spacial score (nSPS) is 14.8. The van der Waals surface area contributed by atoms with Gasteiger partial charge in [0.15, 0.2) is 5.82 Å². The van der Waals surface area contributed by atoms with Crippen LogP contribution in [0.1, 0.15) is 56.1 Å². The Morgan fingerprint density at radius 2 is 2.17 bits per heavy atom. The SMILES string of the molecule is CCCCc1nc(CN2CCc3nn(CCC)c(=O)cc3C2)no1. The van der Waals surface area contributed by atoms with Crippen LogP contribution >= 0.6 is 0 Å². The largest absolute Gasteiger partial charge is 0.339 e. The average molecular weight is 331 g/mol. The van der Waals surface area contributed by atoms with Crippen LogP contribution in [0.4, 0.5) is 0 Å². The summed E-state index contributed by atoms with van der Waals surface area (Å²) in [4.78, 5) is 18.8. The minimum atomic E-state index is -0.0149. The molecule has 0 amide bonds. The molecule has 0 aromatic carbocycles. The topological polar surface area (TPSA) is 77.1 Å². The third-order valence-corrected chi connectivity index (χ3v) is 4.28. The zero-order valence-corrected chi connectivity index (χ0v) is 14.5. The second-order valence-corrected chi connectivity index (χ2v) is 6.35. The molecule has 0 aliphatic carbocycles. The predicted octanol–water partition coefficient (Wildman–Crippen LogP) is 1.94. The molecule has 0 radical (unpaired) electrons. The second-order valence-electron chi connectivity index (χ2n) is 6.35. The van der Waals surface area contributed by atoms with Gasteiger partial charge in [-0.25, -0.2) is 4.68 Å². The van der Waals surface area contributed by atoms with E-state index >= 15 is 0 Å². The first kappa shape index (κ1) is 16.8. The standard InChI is InChI=1S/C17H25N5O2/c1-3-5-6-16-18-15(20-24-16)12-21-9-7-14-13(11-21)10-17(23)22(19-14)8-4-2/h10H,3-9,11-12H2,1-2H3. The first-order chi connectivity index (χ1) is 11.7. The van der Waals surface area contributed by atoms with Gasteiger partial charge in [0.2, 0.25) is 5.89 Å². The molecule has 2 aromatic heterocycles. The van der Waals surface area contributed by atoms with E-state index in [4.69, 9.17) is 4.52 Å². The predicted molar refractivity (Wildman–Crippen MR) is 89.5 cm³/mol. The highest BCUT2D eigenvalue weighted by atomic mass is 16.5. The molecule has 0 unspecified atom stereocenters. The highest BCUT2D eigenvalue weighted by Crippen LogP contribution is 2.17. The summed E-state index contributed by atoms with van der Waals surface area (Å²) in [6, 6.07) is 1.73. The second kappa shape index (κ2) is 7.70. The fourth-order valence-electron chi connectivity index (χ4n) is 2.99. The van der Waals surface area contributed by atoms with Crippen LogP contribution in [-0.4, -0.2) is 31.4 Å². The molecule has 7 nitrogen and oxygen atoms in total. The number of fused-ring (bicyclic) bond motifs is 1. The van der Waals surface area contributed by atoms with Gasteiger partial charge in [-0.3, -0.25) is 9.69 Å². The van der Waals surface area contributed by atoms with Crippen molar-refractivity contribution in [1.29, 1.82) is 0 Å². The molecule has 0 fully saturated rings. The van der Waals surface area contributed by atoms with Crippen molar-refractivity contribution in [2.75, 3.05) is 6.54 Å². The van der Waals surface area contributed by atoms with E-state index in [9.17, 15) is 4.79 Å². The van der Waals surface area contributed by atoms with E-state index in [1.807, 2.05) is 0 Å². The quantitative estimate of drug-likeness (QED) is 0.771. The van der Waals surface area contributed by atoms with Crippen LogP contribution in [0.15, 0.2) is 15.4 Å².